The van der Waals surface area contributed by atoms with Crippen molar-refractivity contribution in [3.63, 3.8) is 0 Å². The monoisotopic (exact) mass is 286 g/mol. The summed E-state index contributed by atoms with van der Waals surface area (Å²) < 4.78 is 39.4. The van der Waals surface area contributed by atoms with Crippen LogP contribution in [0.25, 0.3) is 0 Å². The topological polar surface area (TPSA) is 33.2 Å². The number of halogens is 3. The summed E-state index contributed by atoms with van der Waals surface area (Å²) in [6.07, 6.45) is -4.54. The third kappa shape index (κ3) is 2.39. The summed E-state index contributed by atoms with van der Waals surface area (Å²) in [5.41, 5.74) is -0.476. The number of nitrogens with zero attached hydrogens (tertiary/aromatic N) is 2. The van der Waals surface area contributed by atoms with Gasteiger partial charge < -0.3 is 4.90 Å². The molecule has 0 atom stereocenters. The minimum Gasteiger partial charge on any atom is -0.332 e. The van der Waals surface area contributed by atoms with Gasteiger partial charge in [-0.3, -0.25) is 4.79 Å². The highest BCUT2D eigenvalue weighted by atomic mass is 19.4. The molecule has 0 bridgehead atoms. The molecule has 1 amide bonds. The molecule has 6 heteroatoms. The predicted octanol–water partition coefficient (Wildman–Crippen LogP) is 3.59. The number of amides is 1. The van der Waals surface area contributed by atoms with Gasteiger partial charge in [0.25, 0.3) is 5.91 Å². The SMILES string of the molecule is CC(C)c1cc2c(c(C(F)(F)F)n1)CN(C(C)C)C2=O. The molecule has 0 N–H and O–H groups in total. The van der Waals surface area contributed by atoms with E-state index in [1.165, 1.54) is 11.0 Å². The third-order valence-electron chi connectivity index (χ3n) is 3.45. The van der Waals surface area contributed by atoms with Gasteiger partial charge in [-0.2, -0.15) is 13.2 Å². The van der Waals surface area contributed by atoms with Gasteiger partial charge in [0.15, 0.2) is 5.69 Å². The fourth-order valence-corrected chi connectivity index (χ4v) is 2.29. The highest BCUT2D eigenvalue weighted by molar-refractivity contribution is 5.99. The third-order valence-corrected chi connectivity index (χ3v) is 3.45. The molecule has 20 heavy (non-hydrogen) atoms. The minimum absolute atomic E-state index is 0.000556. The molecule has 0 aliphatic carbocycles. The molecule has 3 nitrogen and oxygen atoms in total. The van der Waals surface area contributed by atoms with E-state index in [1.807, 2.05) is 0 Å². The highest BCUT2D eigenvalue weighted by Gasteiger charge is 2.42. The molecule has 0 spiro atoms. The summed E-state index contributed by atoms with van der Waals surface area (Å²) in [6, 6.07) is 1.36. The lowest BCUT2D eigenvalue weighted by atomic mass is 10.0. The molecule has 0 saturated heterocycles. The van der Waals surface area contributed by atoms with Gasteiger partial charge in [-0.25, -0.2) is 4.98 Å². The Balaban J connectivity index is 2.63. The number of hydrogen-bond donors (Lipinski definition) is 0. The van der Waals surface area contributed by atoms with E-state index in [0.717, 1.165) is 0 Å². The molecular weight excluding hydrogens is 269 g/mol. The van der Waals surface area contributed by atoms with Crippen LogP contribution in [0.2, 0.25) is 0 Å². The summed E-state index contributed by atoms with van der Waals surface area (Å²) in [4.78, 5) is 17.4. The lowest BCUT2D eigenvalue weighted by Gasteiger charge is -2.20. The molecule has 0 fully saturated rings. The maximum Gasteiger partial charge on any atom is 0.433 e. The van der Waals surface area contributed by atoms with Crippen LogP contribution in [0.1, 0.15) is 60.9 Å². The maximum atomic E-state index is 13.1. The van der Waals surface area contributed by atoms with Crippen LogP contribution in [0.4, 0.5) is 13.2 Å². The van der Waals surface area contributed by atoms with Gasteiger partial charge in [-0.1, -0.05) is 13.8 Å². The Morgan fingerprint density at radius 1 is 1.25 bits per heavy atom. The number of carbonyl (C=O) groups is 1. The van der Waals surface area contributed by atoms with Gasteiger partial charge in [-0.05, 0) is 25.8 Å². The quantitative estimate of drug-likeness (QED) is 0.832. The number of carbonyl (C=O) groups excluding carboxylic acids is 1. The molecule has 1 aromatic heterocycles. The molecule has 1 aromatic rings. The average Bonchev–Trinajstić information content (AvgIpc) is 2.64. The van der Waals surface area contributed by atoms with E-state index >= 15 is 0 Å². The van der Waals surface area contributed by atoms with Crippen molar-refractivity contribution in [3.05, 3.63) is 28.6 Å². The number of rotatable bonds is 2. The highest BCUT2D eigenvalue weighted by Crippen LogP contribution is 2.37. The van der Waals surface area contributed by atoms with Crippen molar-refractivity contribution in [1.82, 2.24) is 9.88 Å². The number of pyridine rings is 1. The number of hydrogen-bond acceptors (Lipinski definition) is 2. The number of alkyl halides is 3. The van der Waals surface area contributed by atoms with E-state index in [-0.39, 0.29) is 35.5 Å². The van der Waals surface area contributed by atoms with Crippen LogP contribution >= 0.6 is 0 Å². The second kappa shape index (κ2) is 4.75. The van der Waals surface area contributed by atoms with Crippen molar-refractivity contribution in [3.8, 4) is 0 Å². The summed E-state index contributed by atoms with van der Waals surface area (Å²) in [5, 5.41) is 0. The Kier molecular flexibility index (Phi) is 3.52. The van der Waals surface area contributed by atoms with E-state index in [1.54, 1.807) is 27.7 Å². The van der Waals surface area contributed by atoms with Gasteiger partial charge in [-0.15, -0.1) is 0 Å². The molecular formula is C14H17F3N2O. The molecule has 0 aromatic carbocycles. The Morgan fingerprint density at radius 3 is 2.30 bits per heavy atom. The van der Waals surface area contributed by atoms with Crippen molar-refractivity contribution in [2.45, 2.75) is 52.4 Å². The zero-order valence-electron chi connectivity index (χ0n) is 11.9. The van der Waals surface area contributed by atoms with E-state index in [0.29, 0.717) is 5.69 Å². The van der Waals surface area contributed by atoms with Crippen molar-refractivity contribution in [2.24, 2.45) is 0 Å². The summed E-state index contributed by atoms with van der Waals surface area (Å²) >= 11 is 0. The first kappa shape index (κ1) is 14.8. The van der Waals surface area contributed by atoms with Crippen molar-refractivity contribution < 1.29 is 18.0 Å². The zero-order valence-corrected chi connectivity index (χ0v) is 11.9. The fourth-order valence-electron chi connectivity index (χ4n) is 2.29. The second-order valence-corrected chi connectivity index (χ2v) is 5.60. The lowest BCUT2D eigenvalue weighted by molar-refractivity contribution is -0.142. The molecule has 0 saturated carbocycles. The van der Waals surface area contributed by atoms with Crippen LogP contribution < -0.4 is 0 Å². The first-order valence-corrected chi connectivity index (χ1v) is 6.55. The summed E-state index contributed by atoms with van der Waals surface area (Å²) in [5.74, 6) is -0.507. The normalized spacial score (nSPS) is 15.4. The largest absolute Gasteiger partial charge is 0.433 e. The molecule has 2 rings (SSSR count). The van der Waals surface area contributed by atoms with Gasteiger partial charge in [0.1, 0.15) is 0 Å². The Labute approximate surface area is 115 Å². The smallest absolute Gasteiger partial charge is 0.332 e. The zero-order chi connectivity index (χ0) is 15.2. The average molecular weight is 286 g/mol. The Bertz CT molecular complexity index is 550. The Hall–Kier alpha value is -1.59. The van der Waals surface area contributed by atoms with Crippen LogP contribution in [0.15, 0.2) is 6.07 Å². The maximum absolute atomic E-state index is 13.1. The standard InChI is InChI=1S/C14H17F3N2O/c1-7(2)11-5-9-10(12(18-11)14(15,16)17)6-19(8(3)4)13(9)20/h5,7-8H,6H2,1-4H3. The lowest BCUT2D eigenvalue weighted by Crippen LogP contribution is -2.30. The Morgan fingerprint density at radius 2 is 1.85 bits per heavy atom. The van der Waals surface area contributed by atoms with Gasteiger partial charge in [0.05, 0.1) is 0 Å². The van der Waals surface area contributed by atoms with E-state index in [2.05, 4.69) is 4.98 Å². The predicted molar refractivity (Wildman–Crippen MR) is 68.3 cm³/mol. The van der Waals surface area contributed by atoms with E-state index in [4.69, 9.17) is 0 Å². The van der Waals surface area contributed by atoms with Gasteiger partial charge in [0, 0.05) is 29.4 Å². The first-order chi connectivity index (χ1) is 9.12. The van der Waals surface area contributed by atoms with Crippen LogP contribution in [0, 0.1) is 0 Å². The second-order valence-electron chi connectivity index (χ2n) is 5.60. The molecule has 110 valence electrons. The van der Waals surface area contributed by atoms with Crippen LogP contribution in [-0.4, -0.2) is 21.8 Å². The molecule has 1 aliphatic rings. The fraction of sp³-hybridized carbons (Fsp3) is 0.571. The van der Waals surface area contributed by atoms with Crippen LogP contribution in [0.3, 0.4) is 0 Å². The molecule has 0 radical (unpaired) electrons. The van der Waals surface area contributed by atoms with Gasteiger partial charge in [0.2, 0.25) is 0 Å². The van der Waals surface area contributed by atoms with Crippen molar-refractivity contribution >= 4 is 5.91 Å². The molecule has 2 heterocycles. The van der Waals surface area contributed by atoms with Crippen molar-refractivity contribution in [1.29, 1.82) is 0 Å². The molecule has 0 unspecified atom stereocenters. The number of aromatic nitrogens is 1. The van der Waals surface area contributed by atoms with Crippen LogP contribution in [0.5, 0.6) is 0 Å². The van der Waals surface area contributed by atoms with Crippen molar-refractivity contribution in [2.75, 3.05) is 0 Å². The first-order valence-electron chi connectivity index (χ1n) is 6.55. The number of fused-ring (bicyclic) bond motifs is 1. The molecule has 1 aliphatic heterocycles. The van der Waals surface area contributed by atoms with E-state index in [9.17, 15) is 18.0 Å². The summed E-state index contributed by atoms with van der Waals surface area (Å²) in [6.45, 7) is 7.07. The summed E-state index contributed by atoms with van der Waals surface area (Å²) in [7, 11) is 0. The minimum atomic E-state index is -4.54. The van der Waals surface area contributed by atoms with Gasteiger partial charge >= 0.3 is 6.18 Å². The van der Waals surface area contributed by atoms with E-state index < -0.39 is 11.9 Å². The van der Waals surface area contributed by atoms with Crippen LogP contribution in [-0.2, 0) is 12.7 Å².